The highest BCUT2D eigenvalue weighted by Gasteiger charge is 2.26. The van der Waals surface area contributed by atoms with Gasteiger partial charge in [-0.3, -0.25) is 9.69 Å². The van der Waals surface area contributed by atoms with Crippen LogP contribution in [0.4, 0.5) is 11.4 Å². The van der Waals surface area contributed by atoms with Gasteiger partial charge < -0.3 is 10.2 Å². The number of anilines is 2. The van der Waals surface area contributed by atoms with Crippen LogP contribution in [0, 0.1) is 0 Å². The van der Waals surface area contributed by atoms with Crippen LogP contribution in [0.5, 0.6) is 0 Å². The van der Waals surface area contributed by atoms with Crippen LogP contribution in [0.2, 0.25) is 10.0 Å². The number of para-hydroxylation sites is 1. The minimum Gasteiger partial charge on any atom is -0.369 e. The van der Waals surface area contributed by atoms with Gasteiger partial charge in [-0.2, -0.15) is 0 Å². The monoisotopic (exact) mass is 377 g/mol. The Morgan fingerprint density at radius 2 is 1.68 bits per heavy atom. The Morgan fingerprint density at radius 3 is 2.36 bits per heavy atom. The fourth-order valence-electron chi connectivity index (χ4n) is 3.01. The largest absolute Gasteiger partial charge is 0.369 e. The molecule has 1 amide bonds. The lowest BCUT2D eigenvalue weighted by atomic mass is 10.2. The van der Waals surface area contributed by atoms with Crippen LogP contribution in [0.25, 0.3) is 0 Å². The van der Waals surface area contributed by atoms with E-state index in [4.69, 9.17) is 23.2 Å². The summed E-state index contributed by atoms with van der Waals surface area (Å²) in [5.74, 6) is -0.0719. The summed E-state index contributed by atoms with van der Waals surface area (Å²) in [5.41, 5.74) is 1.78. The third-order valence-electron chi connectivity index (χ3n) is 4.57. The van der Waals surface area contributed by atoms with Crippen LogP contribution >= 0.6 is 23.2 Å². The van der Waals surface area contributed by atoms with E-state index in [1.165, 1.54) is 5.69 Å². The topological polar surface area (TPSA) is 35.6 Å². The first-order valence-electron chi connectivity index (χ1n) is 8.35. The molecule has 0 radical (unpaired) electrons. The Hall–Kier alpha value is -1.75. The van der Waals surface area contributed by atoms with Crippen molar-refractivity contribution in [3.05, 3.63) is 58.6 Å². The average molecular weight is 378 g/mol. The van der Waals surface area contributed by atoms with Crippen LogP contribution in [-0.2, 0) is 4.79 Å². The molecule has 0 bridgehead atoms. The van der Waals surface area contributed by atoms with Crippen molar-refractivity contribution < 1.29 is 4.79 Å². The second-order valence-electron chi connectivity index (χ2n) is 6.13. The van der Waals surface area contributed by atoms with Gasteiger partial charge in [0.1, 0.15) is 0 Å². The second-order valence-corrected chi connectivity index (χ2v) is 6.91. The van der Waals surface area contributed by atoms with Gasteiger partial charge >= 0.3 is 0 Å². The van der Waals surface area contributed by atoms with Gasteiger partial charge in [0.05, 0.1) is 21.8 Å². The van der Waals surface area contributed by atoms with Crippen molar-refractivity contribution in [3.63, 3.8) is 0 Å². The van der Waals surface area contributed by atoms with E-state index in [9.17, 15) is 4.79 Å². The zero-order valence-electron chi connectivity index (χ0n) is 14.1. The van der Waals surface area contributed by atoms with Crippen molar-refractivity contribution in [1.82, 2.24) is 4.90 Å². The average Bonchev–Trinajstić information content (AvgIpc) is 2.65. The van der Waals surface area contributed by atoms with Crippen LogP contribution < -0.4 is 10.2 Å². The minimum absolute atomic E-state index is 0.0719. The summed E-state index contributed by atoms with van der Waals surface area (Å²) in [6, 6.07) is 15.4. The van der Waals surface area contributed by atoms with E-state index in [-0.39, 0.29) is 11.9 Å². The molecule has 1 heterocycles. The molecule has 2 aromatic rings. The lowest BCUT2D eigenvalue weighted by molar-refractivity contribution is -0.120. The number of carbonyl (C=O) groups is 1. The van der Waals surface area contributed by atoms with Gasteiger partial charge in [-0.15, -0.1) is 0 Å². The number of carbonyl (C=O) groups excluding carboxylic acids is 1. The highest BCUT2D eigenvalue weighted by molar-refractivity contribution is 6.44. The predicted octanol–water partition coefficient (Wildman–Crippen LogP) is 4.14. The normalized spacial score (nSPS) is 16.5. The van der Waals surface area contributed by atoms with Crippen LogP contribution in [0.15, 0.2) is 48.5 Å². The highest BCUT2D eigenvalue weighted by atomic mass is 35.5. The third-order valence-corrected chi connectivity index (χ3v) is 5.39. The van der Waals surface area contributed by atoms with Crippen molar-refractivity contribution in [2.45, 2.75) is 13.0 Å². The van der Waals surface area contributed by atoms with Crippen molar-refractivity contribution in [1.29, 1.82) is 0 Å². The first-order chi connectivity index (χ1) is 12.1. The van der Waals surface area contributed by atoms with Crippen molar-refractivity contribution >= 4 is 40.5 Å². The molecular weight excluding hydrogens is 357 g/mol. The Morgan fingerprint density at radius 1 is 1.00 bits per heavy atom. The van der Waals surface area contributed by atoms with Gasteiger partial charge in [0, 0.05) is 31.9 Å². The summed E-state index contributed by atoms with van der Waals surface area (Å²) in [4.78, 5) is 17.1. The molecule has 1 fully saturated rings. The number of nitrogens with one attached hydrogen (secondary N) is 1. The number of nitrogens with zero attached hydrogens (tertiary/aromatic N) is 2. The zero-order chi connectivity index (χ0) is 17.8. The summed E-state index contributed by atoms with van der Waals surface area (Å²) < 4.78 is 0. The van der Waals surface area contributed by atoms with Gasteiger partial charge in [-0.05, 0) is 31.2 Å². The van der Waals surface area contributed by atoms with E-state index in [1.807, 2.05) is 25.1 Å². The maximum Gasteiger partial charge on any atom is 0.241 e. The number of halogens is 2. The maximum atomic E-state index is 12.6. The molecule has 1 aliphatic heterocycles. The molecule has 25 heavy (non-hydrogen) atoms. The molecule has 132 valence electrons. The number of benzene rings is 2. The summed E-state index contributed by atoms with van der Waals surface area (Å²) in [7, 11) is 0. The zero-order valence-corrected chi connectivity index (χ0v) is 15.6. The van der Waals surface area contributed by atoms with Gasteiger partial charge in [0.15, 0.2) is 0 Å². The van der Waals surface area contributed by atoms with Crippen LogP contribution in [0.3, 0.4) is 0 Å². The summed E-state index contributed by atoms with van der Waals surface area (Å²) in [6.07, 6.45) is 0. The Bertz CT molecular complexity index is 731. The summed E-state index contributed by atoms with van der Waals surface area (Å²) >= 11 is 12.1. The van der Waals surface area contributed by atoms with Gasteiger partial charge in [-0.25, -0.2) is 0 Å². The minimum atomic E-state index is -0.229. The van der Waals surface area contributed by atoms with Crippen LogP contribution in [-0.4, -0.2) is 43.0 Å². The lowest BCUT2D eigenvalue weighted by Crippen LogP contribution is -2.52. The quantitative estimate of drug-likeness (QED) is 0.869. The SMILES string of the molecule is CC(C(=O)Nc1cccc(Cl)c1Cl)N1CCN(c2ccccc2)CC1. The van der Waals surface area contributed by atoms with Gasteiger partial charge in [0.2, 0.25) is 5.91 Å². The number of hydrogen-bond acceptors (Lipinski definition) is 3. The molecule has 1 aliphatic rings. The first-order valence-corrected chi connectivity index (χ1v) is 9.11. The van der Waals surface area contributed by atoms with Crippen molar-refractivity contribution in [2.24, 2.45) is 0 Å². The molecule has 0 aliphatic carbocycles. The fourth-order valence-corrected chi connectivity index (χ4v) is 3.36. The predicted molar refractivity (Wildman–Crippen MR) is 105 cm³/mol. The Labute approximate surface area is 158 Å². The fraction of sp³-hybridized carbons (Fsp3) is 0.316. The Balaban J connectivity index is 1.58. The third kappa shape index (κ3) is 4.27. The first kappa shape index (κ1) is 18.1. The summed E-state index contributed by atoms with van der Waals surface area (Å²) in [6.45, 7) is 5.41. The molecule has 3 rings (SSSR count). The molecule has 0 spiro atoms. The van der Waals surface area contributed by atoms with Gasteiger partial charge in [0.25, 0.3) is 0 Å². The molecule has 1 N–H and O–H groups in total. The van der Waals surface area contributed by atoms with E-state index in [2.05, 4.69) is 27.2 Å². The highest BCUT2D eigenvalue weighted by Crippen LogP contribution is 2.29. The molecule has 0 aromatic heterocycles. The summed E-state index contributed by atoms with van der Waals surface area (Å²) in [5, 5.41) is 3.69. The molecule has 0 saturated carbocycles. The lowest BCUT2D eigenvalue weighted by Gasteiger charge is -2.38. The van der Waals surface area contributed by atoms with E-state index >= 15 is 0 Å². The van der Waals surface area contributed by atoms with E-state index < -0.39 is 0 Å². The Kier molecular flexibility index (Phi) is 5.84. The number of piperazine rings is 1. The molecule has 4 nitrogen and oxygen atoms in total. The standard InChI is InChI=1S/C19H21Cl2N3O/c1-14(19(25)22-17-9-5-8-16(20)18(17)21)23-10-12-24(13-11-23)15-6-3-2-4-7-15/h2-9,14H,10-13H2,1H3,(H,22,25). The van der Waals surface area contributed by atoms with E-state index in [0.29, 0.717) is 15.7 Å². The van der Waals surface area contributed by atoms with Crippen LogP contribution in [0.1, 0.15) is 6.92 Å². The van der Waals surface area contributed by atoms with E-state index in [1.54, 1.807) is 18.2 Å². The number of rotatable bonds is 4. The second kappa shape index (κ2) is 8.09. The molecule has 1 saturated heterocycles. The molecular formula is C19H21Cl2N3O. The number of hydrogen-bond donors (Lipinski definition) is 1. The smallest absolute Gasteiger partial charge is 0.241 e. The van der Waals surface area contributed by atoms with E-state index in [0.717, 1.165) is 26.2 Å². The molecule has 1 atom stereocenters. The molecule has 6 heteroatoms. The molecule has 2 aromatic carbocycles. The van der Waals surface area contributed by atoms with Crippen molar-refractivity contribution in [2.75, 3.05) is 36.4 Å². The maximum absolute atomic E-state index is 12.6. The van der Waals surface area contributed by atoms with Crippen molar-refractivity contribution in [3.8, 4) is 0 Å². The number of amides is 1. The van der Waals surface area contributed by atoms with Gasteiger partial charge in [-0.1, -0.05) is 47.5 Å². The molecule has 1 unspecified atom stereocenters.